The Morgan fingerprint density at radius 1 is 1.23 bits per heavy atom. The summed E-state index contributed by atoms with van der Waals surface area (Å²) in [5, 5.41) is 11.8. The van der Waals surface area contributed by atoms with Crippen LogP contribution in [0.4, 0.5) is 5.69 Å². The molecule has 1 amide bonds. The van der Waals surface area contributed by atoms with Crippen molar-refractivity contribution in [3.05, 3.63) is 41.5 Å². The van der Waals surface area contributed by atoms with Crippen molar-refractivity contribution in [1.82, 2.24) is 14.8 Å². The molecule has 0 atom stereocenters. The fourth-order valence-electron chi connectivity index (χ4n) is 3.19. The highest BCUT2D eigenvalue weighted by atomic mass is 16.1. The topological polar surface area (TPSA) is 59.8 Å². The van der Waals surface area contributed by atoms with Gasteiger partial charge in [0.1, 0.15) is 11.6 Å². The van der Waals surface area contributed by atoms with Crippen LogP contribution in [0.15, 0.2) is 24.3 Å². The van der Waals surface area contributed by atoms with E-state index in [1.165, 1.54) is 18.4 Å². The molecule has 1 fully saturated rings. The van der Waals surface area contributed by atoms with E-state index in [1.54, 1.807) is 0 Å². The van der Waals surface area contributed by atoms with Crippen molar-refractivity contribution in [2.75, 3.05) is 5.32 Å². The number of hydrogen-bond acceptors (Lipinski definition) is 3. The van der Waals surface area contributed by atoms with Gasteiger partial charge < -0.3 is 9.88 Å². The Morgan fingerprint density at radius 3 is 2.62 bits per heavy atom. The highest BCUT2D eigenvalue weighted by Crippen LogP contribution is 2.37. The first-order valence-corrected chi connectivity index (χ1v) is 9.88. The van der Waals surface area contributed by atoms with Crippen molar-refractivity contribution in [3.63, 3.8) is 0 Å². The number of amides is 1. The van der Waals surface area contributed by atoms with Gasteiger partial charge in [0.2, 0.25) is 5.91 Å². The summed E-state index contributed by atoms with van der Waals surface area (Å²) in [7, 11) is 0. The first-order valence-electron chi connectivity index (χ1n) is 9.88. The van der Waals surface area contributed by atoms with Crippen molar-refractivity contribution >= 4 is 11.6 Å². The van der Waals surface area contributed by atoms with E-state index in [0.717, 1.165) is 36.6 Å². The molecule has 1 heterocycles. The van der Waals surface area contributed by atoms with E-state index in [0.29, 0.717) is 24.8 Å². The molecular weight excluding hydrogens is 324 g/mol. The minimum atomic E-state index is 0.0346. The predicted molar refractivity (Wildman–Crippen MR) is 104 cm³/mol. The maximum Gasteiger partial charge on any atom is 0.224 e. The lowest BCUT2D eigenvalue weighted by Crippen LogP contribution is -2.14. The van der Waals surface area contributed by atoms with Crippen LogP contribution in [0.25, 0.3) is 0 Å². The number of rotatable bonds is 9. The Balaban J connectivity index is 1.59. The van der Waals surface area contributed by atoms with Crippen LogP contribution in [0.5, 0.6) is 0 Å². The third kappa shape index (κ3) is 4.93. The Bertz CT molecular complexity index is 746. The van der Waals surface area contributed by atoms with Gasteiger partial charge in [0.15, 0.2) is 0 Å². The molecule has 5 heteroatoms. The second-order valence-corrected chi connectivity index (χ2v) is 7.67. The lowest BCUT2D eigenvalue weighted by Gasteiger charge is -2.10. The summed E-state index contributed by atoms with van der Waals surface area (Å²) in [6, 6.07) is 8.58. The van der Waals surface area contributed by atoms with E-state index in [2.05, 4.69) is 46.9 Å². The molecule has 0 saturated heterocycles. The molecule has 140 valence electrons. The van der Waals surface area contributed by atoms with Crippen LogP contribution in [-0.4, -0.2) is 20.7 Å². The number of carbonyl (C=O) groups is 1. The Kier molecular flexibility index (Phi) is 6.07. The van der Waals surface area contributed by atoms with Crippen LogP contribution < -0.4 is 5.32 Å². The zero-order valence-electron chi connectivity index (χ0n) is 16.2. The van der Waals surface area contributed by atoms with E-state index in [4.69, 9.17) is 0 Å². The van der Waals surface area contributed by atoms with Gasteiger partial charge >= 0.3 is 0 Å². The van der Waals surface area contributed by atoms with Crippen molar-refractivity contribution in [2.45, 2.75) is 71.8 Å². The van der Waals surface area contributed by atoms with Gasteiger partial charge in [-0.3, -0.25) is 4.79 Å². The summed E-state index contributed by atoms with van der Waals surface area (Å²) in [5.41, 5.74) is 2.10. The second-order valence-electron chi connectivity index (χ2n) is 7.67. The monoisotopic (exact) mass is 354 g/mol. The molecule has 2 aromatic rings. The maximum absolute atomic E-state index is 12.3. The number of benzene rings is 1. The van der Waals surface area contributed by atoms with E-state index in [1.807, 2.05) is 18.2 Å². The van der Waals surface area contributed by atoms with Gasteiger partial charge in [-0.05, 0) is 49.3 Å². The van der Waals surface area contributed by atoms with Crippen LogP contribution in [0.1, 0.15) is 69.7 Å². The maximum atomic E-state index is 12.3. The number of aromatic nitrogens is 3. The number of nitrogens with one attached hydrogen (secondary N) is 1. The van der Waals surface area contributed by atoms with Gasteiger partial charge in [0.05, 0.1) is 0 Å². The summed E-state index contributed by atoms with van der Waals surface area (Å²) in [5.74, 6) is 2.75. The number of nitrogens with zero attached hydrogens (tertiary/aromatic N) is 3. The molecule has 0 aliphatic heterocycles. The zero-order valence-corrected chi connectivity index (χ0v) is 16.2. The van der Waals surface area contributed by atoms with Crippen molar-refractivity contribution in [3.8, 4) is 0 Å². The van der Waals surface area contributed by atoms with Crippen molar-refractivity contribution in [1.29, 1.82) is 0 Å². The van der Waals surface area contributed by atoms with Gasteiger partial charge in [-0.15, -0.1) is 10.2 Å². The van der Waals surface area contributed by atoms with E-state index >= 15 is 0 Å². The van der Waals surface area contributed by atoms with Crippen LogP contribution in [0.3, 0.4) is 0 Å². The first-order chi connectivity index (χ1) is 12.6. The molecule has 0 radical (unpaired) electrons. The van der Waals surface area contributed by atoms with E-state index < -0.39 is 0 Å². The quantitative estimate of drug-likeness (QED) is 0.729. The molecule has 1 aromatic heterocycles. The normalized spacial score (nSPS) is 14.0. The third-order valence-corrected chi connectivity index (χ3v) is 4.89. The average molecular weight is 354 g/mol. The van der Waals surface area contributed by atoms with Gasteiger partial charge in [0.25, 0.3) is 0 Å². The predicted octanol–water partition coefficient (Wildman–Crippen LogP) is 4.34. The minimum Gasteiger partial charge on any atom is -0.326 e. The number of hydrogen-bond donors (Lipinski definition) is 1. The van der Waals surface area contributed by atoms with Crippen LogP contribution >= 0.6 is 0 Å². The molecule has 1 aliphatic carbocycles. The minimum absolute atomic E-state index is 0.0346. The Morgan fingerprint density at radius 2 is 1.96 bits per heavy atom. The molecule has 0 spiro atoms. The zero-order chi connectivity index (χ0) is 18.5. The van der Waals surface area contributed by atoms with Crippen molar-refractivity contribution in [2.24, 2.45) is 5.92 Å². The lowest BCUT2D eigenvalue weighted by molar-refractivity contribution is -0.116. The second kappa shape index (κ2) is 8.47. The van der Waals surface area contributed by atoms with Crippen LogP contribution in [0, 0.1) is 5.92 Å². The summed E-state index contributed by atoms with van der Waals surface area (Å²) < 4.78 is 2.30. The Labute approximate surface area is 156 Å². The molecule has 5 nitrogen and oxygen atoms in total. The third-order valence-electron chi connectivity index (χ3n) is 4.89. The average Bonchev–Trinajstić information content (AvgIpc) is 3.38. The molecule has 0 bridgehead atoms. The van der Waals surface area contributed by atoms with E-state index in [9.17, 15) is 4.79 Å². The van der Waals surface area contributed by atoms with Crippen molar-refractivity contribution < 1.29 is 4.79 Å². The number of carbonyl (C=O) groups excluding carboxylic acids is 1. The molecule has 1 aliphatic rings. The molecule has 1 saturated carbocycles. The molecule has 3 rings (SSSR count). The molecule has 0 unspecified atom stereocenters. The molecule has 26 heavy (non-hydrogen) atoms. The summed E-state index contributed by atoms with van der Waals surface area (Å²) in [6.07, 6.45) is 6.55. The molecular formula is C21H30N4O. The van der Waals surface area contributed by atoms with Gasteiger partial charge in [-0.1, -0.05) is 32.9 Å². The summed E-state index contributed by atoms with van der Waals surface area (Å²) in [6.45, 7) is 6.58. The highest BCUT2D eigenvalue weighted by molar-refractivity contribution is 5.90. The van der Waals surface area contributed by atoms with Gasteiger partial charge in [0, 0.05) is 31.0 Å². The van der Waals surface area contributed by atoms with Crippen LogP contribution in [0.2, 0.25) is 0 Å². The largest absolute Gasteiger partial charge is 0.326 e. The number of anilines is 1. The molecule has 1 N–H and O–H groups in total. The van der Waals surface area contributed by atoms with Gasteiger partial charge in [-0.25, -0.2) is 0 Å². The molecule has 1 aromatic carbocycles. The smallest absolute Gasteiger partial charge is 0.224 e. The van der Waals surface area contributed by atoms with Gasteiger partial charge in [-0.2, -0.15) is 0 Å². The number of aryl methyl sites for hydroxylation is 3. The first kappa shape index (κ1) is 18.6. The standard InChI is InChI=1S/C21H30N4O/c1-4-16-6-5-7-17(14-16)22-21(26)13-12-20-24-23-19(11-8-15(2)3)25(20)18-9-10-18/h5-7,14-15,18H,4,8-13H2,1-3H3,(H,22,26). The summed E-state index contributed by atoms with van der Waals surface area (Å²) >= 11 is 0. The fourth-order valence-corrected chi connectivity index (χ4v) is 3.19. The van der Waals surface area contributed by atoms with E-state index in [-0.39, 0.29) is 5.91 Å². The summed E-state index contributed by atoms with van der Waals surface area (Å²) in [4.78, 5) is 12.3. The van der Waals surface area contributed by atoms with Crippen LogP contribution in [-0.2, 0) is 24.1 Å². The fraction of sp³-hybridized carbons (Fsp3) is 0.571. The lowest BCUT2D eigenvalue weighted by atomic mass is 10.1. The SMILES string of the molecule is CCc1cccc(NC(=O)CCc2nnc(CCC(C)C)n2C2CC2)c1. The highest BCUT2D eigenvalue weighted by Gasteiger charge is 2.29. The Hall–Kier alpha value is -2.17.